The summed E-state index contributed by atoms with van der Waals surface area (Å²) in [6, 6.07) is 0. The fraction of sp³-hybridized carbons (Fsp3) is 0.800. The van der Waals surface area contributed by atoms with Gasteiger partial charge < -0.3 is 9.47 Å². The molecule has 0 aromatic heterocycles. The van der Waals surface area contributed by atoms with E-state index < -0.39 is 5.79 Å². The Morgan fingerprint density at radius 1 is 1.42 bits per heavy atom. The summed E-state index contributed by atoms with van der Waals surface area (Å²) in [6.07, 6.45) is 0.872. The molecule has 1 saturated heterocycles. The Balaban J connectivity index is 2.77. The van der Waals surface area contributed by atoms with Gasteiger partial charge in [-0.25, -0.2) is 0 Å². The van der Waals surface area contributed by atoms with Crippen molar-refractivity contribution in [3.63, 3.8) is 0 Å². The molecule has 2 nitrogen and oxygen atoms in total. The Morgan fingerprint density at radius 3 is 2.42 bits per heavy atom. The predicted molar refractivity (Wildman–Crippen MR) is 47.6 cm³/mol. The monoisotopic (exact) mass is 168 g/mol. The molecule has 2 heteroatoms. The van der Waals surface area contributed by atoms with E-state index in [1.165, 1.54) is 0 Å². The summed E-state index contributed by atoms with van der Waals surface area (Å²) < 4.78 is 11.2. The van der Waals surface area contributed by atoms with Crippen LogP contribution in [0.4, 0.5) is 0 Å². The third kappa shape index (κ3) is 1.80. The first-order valence-corrected chi connectivity index (χ1v) is 4.32. The standard InChI is InChI=1S/C10H16O2/c1-5-7-10(6-2)8-11-9(3,4)12-10/h6,8H2,1-4H3/t10-/m1/s1. The Hall–Kier alpha value is -0.520. The lowest BCUT2D eigenvalue weighted by Crippen LogP contribution is -2.31. The van der Waals surface area contributed by atoms with E-state index in [0.717, 1.165) is 6.42 Å². The van der Waals surface area contributed by atoms with Gasteiger partial charge >= 0.3 is 0 Å². The molecule has 0 aromatic carbocycles. The molecular formula is C10H16O2. The second-order valence-corrected chi connectivity index (χ2v) is 3.51. The van der Waals surface area contributed by atoms with Crippen LogP contribution in [0.3, 0.4) is 0 Å². The van der Waals surface area contributed by atoms with E-state index in [1.807, 2.05) is 20.8 Å². The highest BCUT2D eigenvalue weighted by Gasteiger charge is 2.42. The lowest BCUT2D eigenvalue weighted by atomic mass is 10.0. The predicted octanol–water partition coefficient (Wildman–Crippen LogP) is 1.94. The summed E-state index contributed by atoms with van der Waals surface area (Å²) in [5.74, 6) is 5.48. The maximum Gasteiger partial charge on any atom is 0.165 e. The molecule has 0 saturated carbocycles. The van der Waals surface area contributed by atoms with Crippen molar-refractivity contribution in [2.75, 3.05) is 6.61 Å². The van der Waals surface area contributed by atoms with Crippen molar-refractivity contribution in [3.8, 4) is 11.8 Å². The minimum Gasteiger partial charge on any atom is -0.346 e. The molecule has 0 radical (unpaired) electrons. The van der Waals surface area contributed by atoms with Gasteiger partial charge in [0.15, 0.2) is 11.4 Å². The highest BCUT2D eigenvalue weighted by Crippen LogP contribution is 2.32. The van der Waals surface area contributed by atoms with Gasteiger partial charge in [-0.05, 0) is 27.2 Å². The Kier molecular flexibility index (Phi) is 2.46. The van der Waals surface area contributed by atoms with Crippen LogP contribution in [0.2, 0.25) is 0 Å². The van der Waals surface area contributed by atoms with Crippen LogP contribution < -0.4 is 0 Å². The molecule has 0 bridgehead atoms. The second kappa shape index (κ2) is 3.08. The second-order valence-electron chi connectivity index (χ2n) is 3.51. The first-order valence-electron chi connectivity index (χ1n) is 4.32. The van der Waals surface area contributed by atoms with Crippen molar-refractivity contribution in [2.24, 2.45) is 0 Å². The number of ether oxygens (including phenoxy) is 2. The molecule has 1 heterocycles. The Labute approximate surface area is 74.2 Å². The summed E-state index contributed by atoms with van der Waals surface area (Å²) in [5, 5.41) is 0. The van der Waals surface area contributed by atoms with Crippen LogP contribution in [0, 0.1) is 11.8 Å². The summed E-state index contributed by atoms with van der Waals surface area (Å²) in [4.78, 5) is 0. The highest BCUT2D eigenvalue weighted by atomic mass is 16.8. The van der Waals surface area contributed by atoms with E-state index in [2.05, 4.69) is 18.8 Å². The highest BCUT2D eigenvalue weighted by molar-refractivity contribution is 5.15. The summed E-state index contributed by atoms with van der Waals surface area (Å²) in [5.41, 5.74) is -0.363. The maximum absolute atomic E-state index is 5.73. The van der Waals surface area contributed by atoms with Crippen LogP contribution in [0.15, 0.2) is 0 Å². The molecule has 0 aromatic rings. The van der Waals surface area contributed by atoms with Gasteiger partial charge in [0.05, 0.1) is 6.61 Å². The number of hydrogen-bond acceptors (Lipinski definition) is 2. The number of hydrogen-bond donors (Lipinski definition) is 0. The first kappa shape index (κ1) is 9.57. The van der Waals surface area contributed by atoms with E-state index in [4.69, 9.17) is 9.47 Å². The molecule has 0 unspecified atom stereocenters. The fourth-order valence-corrected chi connectivity index (χ4v) is 1.37. The van der Waals surface area contributed by atoms with Gasteiger partial charge in [-0.3, -0.25) is 0 Å². The zero-order valence-corrected chi connectivity index (χ0v) is 8.23. The first-order chi connectivity index (χ1) is 5.54. The molecule has 0 aliphatic carbocycles. The minimum absolute atomic E-state index is 0.363. The van der Waals surface area contributed by atoms with Gasteiger partial charge in [-0.1, -0.05) is 12.8 Å². The van der Waals surface area contributed by atoms with E-state index in [1.54, 1.807) is 0 Å². The molecule has 1 atom stereocenters. The molecule has 0 spiro atoms. The van der Waals surface area contributed by atoms with Crippen molar-refractivity contribution >= 4 is 0 Å². The average molecular weight is 168 g/mol. The van der Waals surface area contributed by atoms with Crippen LogP contribution in [0.25, 0.3) is 0 Å². The van der Waals surface area contributed by atoms with Gasteiger partial charge in [0.1, 0.15) is 0 Å². The SMILES string of the molecule is CC#C[C@]1(CC)COC(C)(C)O1. The van der Waals surface area contributed by atoms with Crippen LogP contribution in [-0.2, 0) is 9.47 Å². The van der Waals surface area contributed by atoms with E-state index in [9.17, 15) is 0 Å². The third-order valence-electron chi connectivity index (χ3n) is 2.02. The molecule has 1 rings (SSSR count). The van der Waals surface area contributed by atoms with Crippen LogP contribution in [0.5, 0.6) is 0 Å². The quantitative estimate of drug-likeness (QED) is 0.557. The van der Waals surface area contributed by atoms with E-state index in [-0.39, 0.29) is 5.60 Å². The molecule has 1 aliphatic rings. The van der Waals surface area contributed by atoms with E-state index >= 15 is 0 Å². The van der Waals surface area contributed by atoms with Gasteiger partial charge in [-0.15, -0.1) is 5.92 Å². The molecule has 1 aliphatic heterocycles. The lowest BCUT2D eigenvalue weighted by Gasteiger charge is -2.22. The molecule has 68 valence electrons. The maximum atomic E-state index is 5.73. The molecule has 1 fully saturated rings. The molecule has 12 heavy (non-hydrogen) atoms. The van der Waals surface area contributed by atoms with Gasteiger partial charge in [0.25, 0.3) is 0 Å². The van der Waals surface area contributed by atoms with Crippen molar-refractivity contribution in [1.82, 2.24) is 0 Å². The summed E-state index contributed by atoms with van der Waals surface area (Å²) >= 11 is 0. The zero-order valence-electron chi connectivity index (χ0n) is 8.23. The molecular weight excluding hydrogens is 152 g/mol. The van der Waals surface area contributed by atoms with Crippen molar-refractivity contribution in [2.45, 2.75) is 45.5 Å². The average Bonchev–Trinajstić information content (AvgIpc) is 2.29. The third-order valence-corrected chi connectivity index (χ3v) is 2.02. The van der Waals surface area contributed by atoms with Crippen LogP contribution >= 0.6 is 0 Å². The Bertz CT molecular complexity index is 222. The summed E-state index contributed by atoms with van der Waals surface area (Å²) in [7, 11) is 0. The normalized spacial score (nSPS) is 32.7. The smallest absolute Gasteiger partial charge is 0.165 e. The summed E-state index contributed by atoms with van der Waals surface area (Å²) in [6.45, 7) is 8.31. The van der Waals surface area contributed by atoms with Crippen molar-refractivity contribution in [3.05, 3.63) is 0 Å². The van der Waals surface area contributed by atoms with E-state index in [0.29, 0.717) is 6.61 Å². The molecule has 0 amide bonds. The largest absolute Gasteiger partial charge is 0.346 e. The minimum atomic E-state index is -0.472. The van der Waals surface area contributed by atoms with Gasteiger partial charge in [0.2, 0.25) is 0 Å². The van der Waals surface area contributed by atoms with Crippen molar-refractivity contribution < 1.29 is 9.47 Å². The van der Waals surface area contributed by atoms with Gasteiger partial charge in [-0.2, -0.15) is 0 Å². The topological polar surface area (TPSA) is 18.5 Å². The lowest BCUT2D eigenvalue weighted by molar-refractivity contribution is -0.150. The Morgan fingerprint density at radius 2 is 2.08 bits per heavy atom. The molecule has 0 N–H and O–H groups in total. The zero-order chi connectivity index (χ0) is 9.24. The van der Waals surface area contributed by atoms with Crippen molar-refractivity contribution in [1.29, 1.82) is 0 Å². The van der Waals surface area contributed by atoms with Gasteiger partial charge in [0, 0.05) is 0 Å². The fourth-order valence-electron chi connectivity index (χ4n) is 1.37. The number of rotatable bonds is 1. The van der Waals surface area contributed by atoms with Crippen LogP contribution in [0.1, 0.15) is 34.1 Å². The van der Waals surface area contributed by atoms with Crippen LogP contribution in [-0.4, -0.2) is 18.0 Å².